The van der Waals surface area contributed by atoms with Crippen LogP contribution in [-0.2, 0) is 4.74 Å². The van der Waals surface area contributed by atoms with Crippen LogP contribution in [0.5, 0.6) is 0 Å². The van der Waals surface area contributed by atoms with Crippen molar-refractivity contribution in [3.63, 3.8) is 0 Å². The first-order valence-electron chi connectivity index (χ1n) is 5.95. The molecule has 1 aromatic heterocycles. The van der Waals surface area contributed by atoms with E-state index in [1.54, 1.807) is 11.3 Å². The van der Waals surface area contributed by atoms with Gasteiger partial charge in [0, 0.05) is 5.38 Å². The van der Waals surface area contributed by atoms with Crippen molar-refractivity contribution in [3.05, 3.63) is 16.3 Å². The third-order valence-corrected chi connectivity index (χ3v) is 4.43. The van der Waals surface area contributed by atoms with Crippen molar-refractivity contribution in [2.24, 2.45) is 0 Å². The highest BCUT2D eigenvalue weighted by Gasteiger charge is 2.40. The number of thiophene rings is 1. The average Bonchev–Trinajstić information content (AvgIpc) is 2.81. The number of aryl methyl sites for hydroxylation is 1. The van der Waals surface area contributed by atoms with Gasteiger partial charge in [-0.2, -0.15) is 0 Å². The van der Waals surface area contributed by atoms with Crippen LogP contribution in [0, 0.1) is 6.92 Å². The summed E-state index contributed by atoms with van der Waals surface area (Å²) in [5.74, 6) is 0. The second-order valence-corrected chi connectivity index (χ2v) is 5.47. The van der Waals surface area contributed by atoms with E-state index >= 15 is 0 Å². The van der Waals surface area contributed by atoms with Gasteiger partial charge in [-0.1, -0.05) is 0 Å². The lowest BCUT2D eigenvalue weighted by Gasteiger charge is -2.34. The summed E-state index contributed by atoms with van der Waals surface area (Å²) in [5, 5.41) is 7.03. The number of carbonyl (C=O) groups is 1. The number of ether oxygens (including phenoxy) is 1. The lowest BCUT2D eigenvalue weighted by atomic mass is 10.2. The molecule has 1 N–H and O–H groups in total. The summed E-state index contributed by atoms with van der Waals surface area (Å²) in [4.78, 5) is 14.2. The van der Waals surface area contributed by atoms with Crippen LogP contribution < -0.4 is 5.32 Å². The highest BCUT2D eigenvalue weighted by atomic mass is 32.1. The van der Waals surface area contributed by atoms with Crippen molar-refractivity contribution in [2.75, 3.05) is 18.5 Å². The number of nitrogens with one attached hydrogen (secondary N) is 1. The van der Waals surface area contributed by atoms with Crippen molar-refractivity contribution < 1.29 is 9.53 Å². The molecule has 17 heavy (non-hydrogen) atoms. The van der Waals surface area contributed by atoms with E-state index in [0.717, 1.165) is 24.1 Å². The second-order valence-electron chi connectivity index (χ2n) is 4.73. The maximum absolute atomic E-state index is 12.2. The molecule has 2 bridgehead atoms. The third kappa shape index (κ3) is 1.93. The number of urea groups is 1. The van der Waals surface area contributed by atoms with Gasteiger partial charge in [-0.05, 0) is 30.7 Å². The molecule has 92 valence electrons. The number of morpholine rings is 1. The molecule has 0 saturated carbocycles. The summed E-state index contributed by atoms with van der Waals surface area (Å²) in [6.07, 6.45) is 2.14. The predicted octanol–water partition coefficient (Wildman–Crippen LogP) is 2.45. The standard InChI is InChI=1S/C12H16N2O2S/c1-8-6-17-7-11(8)13-12(15)14-9-2-3-10(14)5-16-4-9/h6-7,9-10H,2-5H2,1H3,(H,13,15). The van der Waals surface area contributed by atoms with Gasteiger partial charge in [0.1, 0.15) is 0 Å². The zero-order chi connectivity index (χ0) is 11.8. The Kier molecular flexibility index (Phi) is 2.80. The normalized spacial score (nSPS) is 27.2. The van der Waals surface area contributed by atoms with Crippen LogP contribution in [0.15, 0.2) is 10.8 Å². The van der Waals surface area contributed by atoms with E-state index in [4.69, 9.17) is 4.74 Å². The van der Waals surface area contributed by atoms with Crippen LogP contribution in [0.1, 0.15) is 18.4 Å². The molecule has 0 aliphatic carbocycles. The van der Waals surface area contributed by atoms with Gasteiger partial charge < -0.3 is 15.0 Å². The largest absolute Gasteiger partial charge is 0.377 e. The number of amides is 2. The molecule has 4 nitrogen and oxygen atoms in total. The van der Waals surface area contributed by atoms with E-state index in [1.807, 2.05) is 22.6 Å². The van der Waals surface area contributed by atoms with E-state index in [2.05, 4.69) is 5.32 Å². The Hall–Kier alpha value is -1.07. The first-order chi connectivity index (χ1) is 8.25. The fourth-order valence-corrected chi connectivity index (χ4v) is 3.41. The Balaban J connectivity index is 1.73. The van der Waals surface area contributed by atoms with Crippen molar-refractivity contribution in [1.29, 1.82) is 0 Å². The number of nitrogens with zero attached hydrogens (tertiary/aromatic N) is 1. The number of hydrogen-bond acceptors (Lipinski definition) is 3. The van der Waals surface area contributed by atoms with E-state index in [-0.39, 0.29) is 18.1 Å². The van der Waals surface area contributed by atoms with Crippen molar-refractivity contribution in [1.82, 2.24) is 4.90 Å². The van der Waals surface area contributed by atoms with Gasteiger partial charge in [-0.25, -0.2) is 4.79 Å². The SMILES string of the molecule is Cc1cscc1NC(=O)N1C2CCC1COC2. The molecule has 3 rings (SSSR count). The predicted molar refractivity (Wildman–Crippen MR) is 67.5 cm³/mol. The van der Waals surface area contributed by atoms with Crippen molar-refractivity contribution in [3.8, 4) is 0 Å². The molecule has 2 aliphatic rings. The minimum atomic E-state index is 0.0299. The number of fused-ring (bicyclic) bond motifs is 2. The van der Waals surface area contributed by atoms with Gasteiger partial charge in [0.2, 0.25) is 0 Å². The smallest absolute Gasteiger partial charge is 0.322 e. The molecular weight excluding hydrogens is 236 g/mol. The van der Waals surface area contributed by atoms with Gasteiger partial charge in [0.25, 0.3) is 0 Å². The maximum atomic E-state index is 12.2. The van der Waals surface area contributed by atoms with Crippen LogP contribution in [0.2, 0.25) is 0 Å². The Morgan fingerprint density at radius 3 is 2.71 bits per heavy atom. The molecule has 0 radical (unpaired) electrons. The zero-order valence-corrected chi connectivity index (χ0v) is 10.6. The van der Waals surface area contributed by atoms with E-state index in [1.165, 1.54) is 0 Å². The fraction of sp³-hybridized carbons (Fsp3) is 0.583. The first kappa shape index (κ1) is 11.0. The Morgan fingerprint density at radius 2 is 2.12 bits per heavy atom. The summed E-state index contributed by atoms with van der Waals surface area (Å²) in [7, 11) is 0. The van der Waals surface area contributed by atoms with Crippen molar-refractivity contribution in [2.45, 2.75) is 31.8 Å². The Bertz CT molecular complexity index is 416. The Morgan fingerprint density at radius 1 is 1.41 bits per heavy atom. The Labute approximate surface area is 105 Å². The molecule has 0 aromatic carbocycles. The summed E-state index contributed by atoms with van der Waals surface area (Å²) >= 11 is 1.61. The zero-order valence-electron chi connectivity index (χ0n) is 9.81. The minimum Gasteiger partial charge on any atom is -0.377 e. The molecule has 2 aliphatic heterocycles. The van der Waals surface area contributed by atoms with Crippen molar-refractivity contribution >= 4 is 23.1 Å². The van der Waals surface area contributed by atoms with Crippen LogP contribution in [-0.4, -0.2) is 36.2 Å². The van der Waals surface area contributed by atoms with Crippen LogP contribution >= 0.6 is 11.3 Å². The molecule has 2 unspecified atom stereocenters. The summed E-state index contributed by atoms with van der Waals surface area (Å²) in [6, 6.07) is 0.572. The highest BCUT2D eigenvalue weighted by molar-refractivity contribution is 7.08. The second kappa shape index (κ2) is 4.31. The van der Waals surface area contributed by atoms with Gasteiger partial charge in [0.05, 0.1) is 31.0 Å². The van der Waals surface area contributed by atoms with Gasteiger partial charge in [-0.3, -0.25) is 0 Å². The average molecular weight is 252 g/mol. The first-order valence-corrected chi connectivity index (χ1v) is 6.90. The van der Waals surface area contributed by atoms with Crippen LogP contribution in [0.4, 0.5) is 10.5 Å². The molecule has 3 heterocycles. The van der Waals surface area contributed by atoms with E-state index < -0.39 is 0 Å². The van der Waals surface area contributed by atoms with Crippen LogP contribution in [0.3, 0.4) is 0 Å². The fourth-order valence-electron chi connectivity index (χ4n) is 2.63. The minimum absolute atomic E-state index is 0.0299. The molecular formula is C12H16N2O2S. The molecule has 2 fully saturated rings. The number of hydrogen-bond donors (Lipinski definition) is 1. The molecule has 1 aromatic rings. The van der Waals surface area contributed by atoms with Crippen LogP contribution in [0.25, 0.3) is 0 Å². The number of rotatable bonds is 1. The topological polar surface area (TPSA) is 41.6 Å². The van der Waals surface area contributed by atoms with Gasteiger partial charge >= 0.3 is 6.03 Å². The third-order valence-electron chi connectivity index (χ3n) is 3.57. The molecule has 5 heteroatoms. The van der Waals surface area contributed by atoms with Gasteiger partial charge in [-0.15, -0.1) is 11.3 Å². The lowest BCUT2D eigenvalue weighted by Crippen LogP contribution is -2.50. The lowest BCUT2D eigenvalue weighted by molar-refractivity contribution is 0.00949. The van der Waals surface area contributed by atoms with Gasteiger partial charge in [0.15, 0.2) is 0 Å². The highest BCUT2D eigenvalue weighted by Crippen LogP contribution is 2.30. The monoisotopic (exact) mass is 252 g/mol. The molecule has 2 saturated heterocycles. The number of carbonyl (C=O) groups excluding carboxylic acids is 1. The summed E-state index contributed by atoms with van der Waals surface area (Å²) in [5.41, 5.74) is 2.06. The quantitative estimate of drug-likeness (QED) is 0.834. The molecule has 0 spiro atoms. The molecule has 2 amide bonds. The maximum Gasteiger partial charge on any atom is 0.322 e. The van der Waals surface area contributed by atoms with E-state index in [9.17, 15) is 4.79 Å². The number of anilines is 1. The van der Waals surface area contributed by atoms with E-state index in [0.29, 0.717) is 13.2 Å². The molecule has 2 atom stereocenters. The summed E-state index contributed by atoms with van der Waals surface area (Å²) < 4.78 is 5.48. The summed E-state index contributed by atoms with van der Waals surface area (Å²) in [6.45, 7) is 3.39.